The standard InChI is InChI=1S/C25H22Cl2N4O2/c1-3-30(4-2)25(33)16-8-7-13-31(15-16)23-24(32)28-21-12-11-17(26)14-19(21)22(29-23)18-9-5-6-10-20(18)27/h5-15,23H,3-4H2,1-2H3/p+1. The number of nitrogens with zero attached hydrogens (tertiary/aromatic N) is 3. The predicted octanol–water partition coefficient (Wildman–Crippen LogP) is 4.75. The molecular formula is C25H23Cl2N4O2+. The van der Waals surface area contributed by atoms with Gasteiger partial charge in [0.2, 0.25) is 0 Å². The number of anilines is 1. The number of amides is 2. The number of pyridine rings is 1. The Bertz CT molecular complexity index is 1250. The Labute approximate surface area is 202 Å². The van der Waals surface area contributed by atoms with Crippen LogP contribution in [0.2, 0.25) is 10.0 Å². The average Bonchev–Trinajstić information content (AvgIpc) is 2.96. The number of aliphatic imine (C=N–C) groups is 1. The maximum absolute atomic E-state index is 13.3. The van der Waals surface area contributed by atoms with Crippen LogP contribution in [0, 0.1) is 0 Å². The predicted molar refractivity (Wildman–Crippen MR) is 130 cm³/mol. The Morgan fingerprint density at radius 2 is 1.82 bits per heavy atom. The van der Waals surface area contributed by atoms with E-state index in [-0.39, 0.29) is 11.8 Å². The van der Waals surface area contributed by atoms with Crippen LogP contribution in [0.5, 0.6) is 0 Å². The first-order chi connectivity index (χ1) is 15.9. The van der Waals surface area contributed by atoms with Gasteiger partial charge >= 0.3 is 12.1 Å². The Hall–Kier alpha value is -3.22. The largest absolute Gasteiger partial charge is 0.339 e. The van der Waals surface area contributed by atoms with Crippen molar-refractivity contribution >= 4 is 46.4 Å². The molecule has 1 aliphatic rings. The first-order valence-electron chi connectivity index (χ1n) is 10.7. The Balaban J connectivity index is 1.86. The molecule has 33 heavy (non-hydrogen) atoms. The van der Waals surface area contributed by atoms with Gasteiger partial charge in [0.1, 0.15) is 5.56 Å². The highest BCUT2D eigenvalue weighted by atomic mass is 35.5. The lowest BCUT2D eigenvalue weighted by molar-refractivity contribution is -0.707. The van der Waals surface area contributed by atoms with Crippen molar-refractivity contribution < 1.29 is 14.2 Å². The van der Waals surface area contributed by atoms with Crippen LogP contribution in [-0.4, -0.2) is 35.5 Å². The SMILES string of the molecule is CCN(CC)C(=O)c1ccc[n+](C2N=C(c3ccccc3Cl)c3cc(Cl)ccc3NC2=O)c1. The Kier molecular flexibility index (Phi) is 6.77. The number of benzodiazepines with no additional fused rings is 1. The van der Waals surface area contributed by atoms with Crippen molar-refractivity contribution in [2.45, 2.75) is 20.0 Å². The van der Waals surface area contributed by atoms with Crippen molar-refractivity contribution in [2.75, 3.05) is 18.4 Å². The summed E-state index contributed by atoms with van der Waals surface area (Å²) >= 11 is 12.8. The summed E-state index contributed by atoms with van der Waals surface area (Å²) in [6, 6.07) is 16.0. The molecule has 0 spiro atoms. The van der Waals surface area contributed by atoms with E-state index in [1.165, 1.54) is 0 Å². The fourth-order valence-electron chi connectivity index (χ4n) is 3.80. The van der Waals surface area contributed by atoms with E-state index in [0.29, 0.717) is 51.2 Å². The van der Waals surface area contributed by atoms with Crippen LogP contribution in [0.25, 0.3) is 0 Å². The molecule has 0 saturated carbocycles. The van der Waals surface area contributed by atoms with Crippen LogP contribution in [0.15, 0.2) is 72.0 Å². The summed E-state index contributed by atoms with van der Waals surface area (Å²) < 4.78 is 1.64. The van der Waals surface area contributed by atoms with Gasteiger partial charge in [0, 0.05) is 40.3 Å². The third-order valence-electron chi connectivity index (χ3n) is 5.51. The van der Waals surface area contributed by atoms with Crippen molar-refractivity contribution in [3.05, 3.63) is 93.7 Å². The smallest absolute Gasteiger partial charge is 0.331 e. The van der Waals surface area contributed by atoms with Gasteiger partial charge in [-0.25, -0.2) is 4.99 Å². The molecule has 168 valence electrons. The Morgan fingerprint density at radius 1 is 1.06 bits per heavy atom. The van der Waals surface area contributed by atoms with Crippen molar-refractivity contribution in [2.24, 2.45) is 4.99 Å². The highest BCUT2D eigenvalue weighted by Crippen LogP contribution is 2.30. The second-order valence-electron chi connectivity index (χ2n) is 7.53. The van der Waals surface area contributed by atoms with E-state index in [4.69, 9.17) is 28.2 Å². The van der Waals surface area contributed by atoms with Crippen LogP contribution in [0.3, 0.4) is 0 Å². The molecule has 1 unspecified atom stereocenters. The van der Waals surface area contributed by atoms with Crippen molar-refractivity contribution in [3.8, 4) is 0 Å². The van der Waals surface area contributed by atoms with Crippen LogP contribution in [0.4, 0.5) is 5.69 Å². The second-order valence-corrected chi connectivity index (χ2v) is 8.37. The second kappa shape index (κ2) is 9.73. The molecule has 2 aromatic carbocycles. The molecule has 1 aromatic heterocycles. The normalized spacial score (nSPS) is 15.2. The van der Waals surface area contributed by atoms with Gasteiger partial charge in [-0.1, -0.05) is 41.4 Å². The number of rotatable bonds is 5. The van der Waals surface area contributed by atoms with Gasteiger partial charge in [-0.2, -0.15) is 4.57 Å². The number of halogens is 2. The first kappa shape index (κ1) is 23.0. The Morgan fingerprint density at radius 3 is 2.55 bits per heavy atom. The summed E-state index contributed by atoms with van der Waals surface area (Å²) in [4.78, 5) is 32.7. The minimum atomic E-state index is -0.952. The highest BCUT2D eigenvalue weighted by Gasteiger charge is 2.33. The molecular weight excluding hydrogens is 459 g/mol. The molecule has 3 aromatic rings. The molecule has 1 aliphatic heterocycles. The molecule has 6 nitrogen and oxygen atoms in total. The quantitative estimate of drug-likeness (QED) is 0.534. The first-order valence-corrected chi connectivity index (χ1v) is 11.4. The molecule has 2 heterocycles. The maximum atomic E-state index is 13.3. The molecule has 1 atom stereocenters. The third-order valence-corrected chi connectivity index (χ3v) is 6.08. The van der Waals surface area contributed by atoms with E-state index in [1.54, 1.807) is 58.3 Å². The highest BCUT2D eigenvalue weighted by molar-refractivity contribution is 6.36. The lowest BCUT2D eigenvalue weighted by atomic mass is 10.0. The summed E-state index contributed by atoms with van der Waals surface area (Å²) in [5, 5.41) is 3.96. The van der Waals surface area contributed by atoms with Gasteiger partial charge < -0.3 is 10.2 Å². The molecule has 0 aliphatic carbocycles. The topological polar surface area (TPSA) is 65.7 Å². The van der Waals surface area contributed by atoms with E-state index in [0.717, 1.165) is 0 Å². The number of nitrogens with one attached hydrogen (secondary N) is 1. The average molecular weight is 482 g/mol. The zero-order valence-electron chi connectivity index (χ0n) is 18.3. The number of hydrogen-bond donors (Lipinski definition) is 1. The zero-order valence-corrected chi connectivity index (χ0v) is 19.8. The fraction of sp³-hybridized carbons (Fsp3) is 0.200. The van der Waals surface area contributed by atoms with Crippen LogP contribution < -0.4 is 9.88 Å². The monoisotopic (exact) mass is 481 g/mol. The van der Waals surface area contributed by atoms with Crippen LogP contribution >= 0.6 is 23.2 Å². The number of benzene rings is 2. The van der Waals surface area contributed by atoms with Crippen molar-refractivity contribution in [1.29, 1.82) is 0 Å². The van der Waals surface area contributed by atoms with E-state index in [2.05, 4.69) is 5.32 Å². The van der Waals surface area contributed by atoms with Crippen molar-refractivity contribution in [3.63, 3.8) is 0 Å². The lowest BCUT2D eigenvalue weighted by Gasteiger charge is -2.18. The number of hydrogen-bond acceptors (Lipinski definition) is 3. The number of carbonyl (C=O) groups is 2. The summed E-state index contributed by atoms with van der Waals surface area (Å²) in [7, 11) is 0. The van der Waals surface area contributed by atoms with Gasteiger partial charge in [-0.3, -0.25) is 9.59 Å². The number of aromatic nitrogens is 1. The molecule has 8 heteroatoms. The summed E-state index contributed by atoms with van der Waals surface area (Å²) in [6.45, 7) is 5.05. The molecule has 0 bridgehead atoms. The number of carbonyl (C=O) groups excluding carboxylic acids is 2. The van der Waals surface area contributed by atoms with Gasteiger partial charge in [-0.05, 0) is 44.2 Å². The van der Waals surface area contributed by atoms with E-state index in [1.807, 2.05) is 32.0 Å². The van der Waals surface area contributed by atoms with Gasteiger partial charge in [0.05, 0.1) is 11.4 Å². The minimum Gasteiger partial charge on any atom is -0.339 e. The molecule has 0 radical (unpaired) electrons. The third kappa shape index (κ3) is 4.63. The summed E-state index contributed by atoms with van der Waals surface area (Å²) in [6.07, 6.45) is 2.42. The zero-order chi connectivity index (χ0) is 23.5. The lowest BCUT2D eigenvalue weighted by Crippen LogP contribution is -2.45. The molecule has 0 fully saturated rings. The van der Waals surface area contributed by atoms with Gasteiger partial charge in [-0.15, -0.1) is 0 Å². The fourth-order valence-corrected chi connectivity index (χ4v) is 4.20. The van der Waals surface area contributed by atoms with E-state index >= 15 is 0 Å². The minimum absolute atomic E-state index is 0.103. The number of fused-ring (bicyclic) bond motifs is 1. The van der Waals surface area contributed by atoms with E-state index < -0.39 is 6.17 Å². The molecule has 0 saturated heterocycles. The van der Waals surface area contributed by atoms with Gasteiger partial charge in [0.15, 0.2) is 12.4 Å². The van der Waals surface area contributed by atoms with Gasteiger partial charge in [0.25, 0.3) is 5.91 Å². The molecule has 1 N–H and O–H groups in total. The summed E-state index contributed by atoms with van der Waals surface area (Å²) in [5.74, 6) is -0.438. The summed E-state index contributed by atoms with van der Waals surface area (Å²) in [5.41, 5.74) is 2.95. The van der Waals surface area contributed by atoms with Crippen molar-refractivity contribution in [1.82, 2.24) is 4.90 Å². The molecule has 4 rings (SSSR count). The van der Waals surface area contributed by atoms with E-state index in [9.17, 15) is 9.59 Å². The molecule has 2 amide bonds. The van der Waals surface area contributed by atoms with Crippen LogP contribution in [-0.2, 0) is 4.79 Å². The van der Waals surface area contributed by atoms with Crippen LogP contribution in [0.1, 0.15) is 41.5 Å². The maximum Gasteiger partial charge on any atom is 0.331 e.